The lowest BCUT2D eigenvalue weighted by atomic mass is 10.2. The summed E-state index contributed by atoms with van der Waals surface area (Å²) >= 11 is 5.32. The quantitative estimate of drug-likeness (QED) is 0.527. The Bertz CT molecular complexity index is 924. The molecule has 0 atom stereocenters. The van der Waals surface area contributed by atoms with E-state index in [1.807, 2.05) is 69.3 Å². The van der Waals surface area contributed by atoms with Crippen LogP contribution in [0.1, 0.15) is 26.7 Å². The minimum absolute atomic E-state index is 0.137. The zero-order chi connectivity index (χ0) is 20.6. The maximum absolute atomic E-state index is 5.63. The SMILES string of the molecule is CCOc1ccc(-c2noc(CNC(=S)Nc3ccc(OC(C)C)cc3)n2)cc1. The van der Waals surface area contributed by atoms with Gasteiger partial charge in [0.05, 0.1) is 19.3 Å². The van der Waals surface area contributed by atoms with Crippen LogP contribution in [0.2, 0.25) is 0 Å². The molecule has 1 aromatic heterocycles. The smallest absolute Gasteiger partial charge is 0.246 e. The van der Waals surface area contributed by atoms with Crippen LogP contribution in [0.25, 0.3) is 11.4 Å². The summed E-state index contributed by atoms with van der Waals surface area (Å²) in [6.45, 7) is 6.88. The third-order valence-corrected chi connectivity index (χ3v) is 4.02. The van der Waals surface area contributed by atoms with E-state index < -0.39 is 0 Å². The average molecular weight is 413 g/mol. The fraction of sp³-hybridized carbons (Fsp3) is 0.286. The van der Waals surface area contributed by atoms with Crippen LogP contribution in [-0.2, 0) is 6.54 Å². The molecule has 2 aromatic carbocycles. The highest BCUT2D eigenvalue weighted by atomic mass is 32.1. The van der Waals surface area contributed by atoms with Crippen LogP contribution < -0.4 is 20.1 Å². The molecule has 0 amide bonds. The molecule has 0 aliphatic rings. The second-order valence-electron chi connectivity index (χ2n) is 6.47. The molecule has 0 radical (unpaired) electrons. The van der Waals surface area contributed by atoms with E-state index >= 15 is 0 Å². The summed E-state index contributed by atoms with van der Waals surface area (Å²) in [6.07, 6.45) is 0.137. The van der Waals surface area contributed by atoms with Gasteiger partial charge in [0.25, 0.3) is 0 Å². The van der Waals surface area contributed by atoms with Crippen molar-refractivity contribution in [3.63, 3.8) is 0 Å². The molecule has 0 bridgehead atoms. The Morgan fingerprint density at radius 3 is 2.41 bits per heavy atom. The van der Waals surface area contributed by atoms with E-state index in [-0.39, 0.29) is 6.10 Å². The summed E-state index contributed by atoms with van der Waals surface area (Å²) in [4.78, 5) is 4.39. The van der Waals surface area contributed by atoms with E-state index in [9.17, 15) is 0 Å². The van der Waals surface area contributed by atoms with Crippen molar-refractivity contribution in [2.24, 2.45) is 0 Å². The zero-order valence-corrected chi connectivity index (χ0v) is 17.5. The molecule has 8 heteroatoms. The Morgan fingerprint density at radius 1 is 1.07 bits per heavy atom. The first-order valence-corrected chi connectivity index (χ1v) is 9.81. The first-order valence-electron chi connectivity index (χ1n) is 9.41. The largest absolute Gasteiger partial charge is 0.494 e. The van der Waals surface area contributed by atoms with Gasteiger partial charge in [-0.1, -0.05) is 5.16 Å². The zero-order valence-electron chi connectivity index (χ0n) is 16.6. The maximum Gasteiger partial charge on any atom is 0.246 e. The summed E-state index contributed by atoms with van der Waals surface area (Å²) < 4.78 is 16.4. The predicted molar refractivity (Wildman–Crippen MR) is 116 cm³/mol. The molecule has 0 spiro atoms. The molecular formula is C21H24N4O3S. The predicted octanol–water partition coefficient (Wildman–Crippen LogP) is 4.41. The lowest BCUT2D eigenvalue weighted by Gasteiger charge is -2.12. The van der Waals surface area contributed by atoms with Gasteiger partial charge in [-0.05, 0) is 81.5 Å². The molecule has 3 aromatic rings. The maximum atomic E-state index is 5.63. The molecule has 0 aliphatic carbocycles. The van der Waals surface area contributed by atoms with Gasteiger partial charge in [0.2, 0.25) is 11.7 Å². The second kappa shape index (κ2) is 9.88. The standard InChI is InChI=1S/C21H24N4O3S/c1-4-26-17-9-5-15(6-10-17)20-24-19(28-25-20)13-22-21(29)23-16-7-11-18(12-8-16)27-14(2)3/h5-12,14H,4,13H2,1-3H3,(H2,22,23,29). The number of anilines is 1. The molecule has 29 heavy (non-hydrogen) atoms. The lowest BCUT2D eigenvalue weighted by molar-refractivity contribution is 0.242. The summed E-state index contributed by atoms with van der Waals surface area (Å²) in [5, 5.41) is 10.6. The second-order valence-corrected chi connectivity index (χ2v) is 6.88. The number of hydrogen-bond acceptors (Lipinski definition) is 6. The van der Waals surface area contributed by atoms with Crippen LogP contribution in [0.4, 0.5) is 5.69 Å². The van der Waals surface area contributed by atoms with Crippen LogP contribution in [-0.4, -0.2) is 28.0 Å². The third-order valence-electron chi connectivity index (χ3n) is 3.78. The molecular weight excluding hydrogens is 388 g/mol. The van der Waals surface area contributed by atoms with E-state index in [0.29, 0.717) is 30.0 Å². The Balaban J connectivity index is 1.50. The van der Waals surface area contributed by atoms with Gasteiger partial charge in [-0.2, -0.15) is 4.98 Å². The van der Waals surface area contributed by atoms with E-state index in [0.717, 1.165) is 22.7 Å². The Kier molecular flexibility index (Phi) is 7.02. The van der Waals surface area contributed by atoms with Crippen molar-refractivity contribution < 1.29 is 14.0 Å². The molecule has 0 saturated heterocycles. The van der Waals surface area contributed by atoms with Crippen LogP contribution >= 0.6 is 12.2 Å². The molecule has 3 rings (SSSR count). The normalized spacial score (nSPS) is 10.6. The van der Waals surface area contributed by atoms with Gasteiger partial charge in [0.1, 0.15) is 11.5 Å². The molecule has 0 aliphatic heterocycles. The lowest BCUT2D eigenvalue weighted by Crippen LogP contribution is -2.28. The van der Waals surface area contributed by atoms with Gasteiger partial charge >= 0.3 is 0 Å². The minimum atomic E-state index is 0.137. The number of benzene rings is 2. The van der Waals surface area contributed by atoms with Crippen molar-refractivity contribution in [2.75, 3.05) is 11.9 Å². The highest BCUT2D eigenvalue weighted by Crippen LogP contribution is 2.20. The summed E-state index contributed by atoms with van der Waals surface area (Å²) in [7, 11) is 0. The molecule has 0 fully saturated rings. The first-order chi connectivity index (χ1) is 14.0. The Hall–Kier alpha value is -3.13. The summed E-state index contributed by atoms with van der Waals surface area (Å²) in [5.74, 6) is 2.59. The molecule has 152 valence electrons. The van der Waals surface area contributed by atoms with Gasteiger partial charge < -0.3 is 24.6 Å². The summed E-state index contributed by atoms with van der Waals surface area (Å²) in [6, 6.07) is 15.1. The number of ether oxygens (including phenoxy) is 2. The first kappa shape index (κ1) is 20.6. The van der Waals surface area contributed by atoms with Crippen molar-refractivity contribution in [2.45, 2.75) is 33.4 Å². The number of aromatic nitrogens is 2. The number of hydrogen-bond donors (Lipinski definition) is 2. The fourth-order valence-electron chi connectivity index (χ4n) is 2.53. The minimum Gasteiger partial charge on any atom is -0.494 e. The van der Waals surface area contributed by atoms with Gasteiger partial charge in [0, 0.05) is 11.3 Å². The van der Waals surface area contributed by atoms with Crippen molar-refractivity contribution in [3.05, 3.63) is 54.4 Å². The molecule has 2 N–H and O–H groups in total. The van der Waals surface area contributed by atoms with Gasteiger partial charge in [-0.25, -0.2) is 0 Å². The van der Waals surface area contributed by atoms with E-state index in [1.54, 1.807) is 0 Å². The van der Waals surface area contributed by atoms with Crippen molar-refractivity contribution >= 4 is 23.0 Å². The highest BCUT2D eigenvalue weighted by molar-refractivity contribution is 7.80. The topological polar surface area (TPSA) is 81.4 Å². The van der Waals surface area contributed by atoms with Crippen LogP contribution in [0.15, 0.2) is 53.1 Å². The van der Waals surface area contributed by atoms with Crippen molar-refractivity contribution in [1.82, 2.24) is 15.5 Å². The number of nitrogens with one attached hydrogen (secondary N) is 2. The Labute approximate surface area is 175 Å². The van der Waals surface area contributed by atoms with Gasteiger partial charge in [0.15, 0.2) is 5.11 Å². The van der Waals surface area contributed by atoms with Crippen molar-refractivity contribution in [3.8, 4) is 22.9 Å². The van der Waals surface area contributed by atoms with Crippen molar-refractivity contribution in [1.29, 1.82) is 0 Å². The number of rotatable bonds is 8. The summed E-state index contributed by atoms with van der Waals surface area (Å²) in [5.41, 5.74) is 1.71. The van der Waals surface area contributed by atoms with Gasteiger partial charge in [-0.15, -0.1) is 0 Å². The van der Waals surface area contributed by atoms with E-state index in [4.69, 9.17) is 26.2 Å². The molecule has 0 saturated carbocycles. The van der Waals surface area contributed by atoms with E-state index in [1.165, 1.54) is 0 Å². The molecule has 7 nitrogen and oxygen atoms in total. The highest BCUT2D eigenvalue weighted by Gasteiger charge is 2.09. The Morgan fingerprint density at radius 2 is 1.76 bits per heavy atom. The van der Waals surface area contributed by atoms with Crippen LogP contribution in [0.3, 0.4) is 0 Å². The number of thiocarbonyl (C=S) groups is 1. The van der Waals surface area contributed by atoms with Crippen LogP contribution in [0, 0.1) is 0 Å². The third kappa shape index (κ3) is 6.18. The molecule has 1 heterocycles. The monoisotopic (exact) mass is 412 g/mol. The van der Waals surface area contributed by atoms with Crippen LogP contribution in [0.5, 0.6) is 11.5 Å². The van der Waals surface area contributed by atoms with E-state index in [2.05, 4.69) is 20.8 Å². The fourth-order valence-corrected chi connectivity index (χ4v) is 2.72. The average Bonchev–Trinajstić information content (AvgIpc) is 3.17. The van der Waals surface area contributed by atoms with Gasteiger partial charge in [-0.3, -0.25) is 0 Å². The molecule has 0 unspecified atom stereocenters. The number of nitrogens with zero attached hydrogens (tertiary/aromatic N) is 2.